The Balaban J connectivity index is 2.72. The molecule has 0 saturated carbocycles. The van der Waals surface area contributed by atoms with E-state index in [2.05, 4.69) is 22.9 Å². The molecular formula is C10H12BrF. The first kappa shape index (κ1) is 9.72. The molecule has 0 aromatic heterocycles. The van der Waals surface area contributed by atoms with E-state index in [0.29, 0.717) is 0 Å². The van der Waals surface area contributed by atoms with Crippen molar-refractivity contribution in [1.82, 2.24) is 0 Å². The van der Waals surface area contributed by atoms with Gasteiger partial charge in [0.25, 0.3) is 0 Å². The molecule has 0 amide bonds. The fourth-order valence-electron chi connectivity index (χ4n) is 1.14. The summed E-state index contributed by atoms with van der Waals surface area (Å²) in [6.07, 6.45) is 3.23. The standard InChI is InChI=1S/C10H12BrF/c1-2-3-4-8-5-9(11)7-10(12)6-8/h5-7H,2-4H2,1H3. The van der Waals surface area contributed by atoms with Gasteiger partial charge in [0.05, 0.1) is 0 Å². The zero-order chi connectivity index (χ0) is 8.97. The largest absolute Gasteiger partial charge is 0.207 e. The molecule has 0 aliphatic rings. The first-order valence-corrected chi connectivity index (χ1v) is 4.96. The van der Waals surface area contributed by atoms with E-state index >= 15 is 0 Å². The second kappa shape index (κ2) is 4.61. The third-order valence-electron chi connectivity index (χ3n) is 1.74. The predicted molar refractivity (Wildman–Crippen MR) is 52.7 cm³/mol. The highest BCUT2D eigenvalue weighted by Crippen LogP contribution is 2.16. The monoisotopic (exact) mass is 230 g/mol. The SMILES string of the molecule is CCCCc1cc(F)cc(Br)c1. The van der Waals surface area contributed by atoms with E-state index < -0.39 is 0 Å². The smallest absolute Gasteiger partial charge is 0.124 e. The lowest BCUT2D eigenvalue weighted by Gasteiger charge is -2.00. The Labute approximate surface area is 80.9 Å². The van der Waals surface area contributed by atoms with Crippen molar-refractivity contribution in [2.75, 3.05) is 0 Å². The van der Waals surface area contributed by atoms with Crippen LogP contribution in [0.4, 0.5) is 4.39 Å². The van der Waals surface area contributed by atoms with Crippen LogP contribution in [0, 0.1) is 5.82 Å². The minimum Gasteiger partial charge on any atom is -0.207 e. The lowest BCUT2D eigenvalue weighted by molar-refractivity contribution is 0.623. The predicted octanol–water partition coefficient (Wildman–Crippen LogP) is 3.93. The summed E-state index contributed by atoms with van der Waals surface area (Å²) in [5.74, 6) is -0.157. The molecule has 0 aliphatic carbocycles. The van der Waals surface area contributed by atoms with Gasteiger partial charge in [-0.05, 0) is 36.6 Å². The normalized spacial score (nSPS) is 10.2. The van der Waals surface area contributed by atoms with Crippen molar-refractivity contribution in [2.24, 2.45) is 0 Å². The van der Waals surface area contributed by atoms with Crippen molar-refractivity contribution in [3.63, 3.8) is 0 Å². The molecule has 0 fully saturated rings. The summed E-state index contributed by atoms with van der Waals surface area (Å²) in [5, 5.41) is 0. The van der Waals surface area contributed by atoms with Crippen molar-refractivity contribution in [3.05, 3.63) is 34.1 Å². The van der Waals surface area contributed by atoms with Crippen LogP contribution in [0.15, 0.2) is 22.7 Å². The number of rotatable bonds is 3. The third kappa shape index (κ3) is 2.94. The Morgan fingerprint density at radius 1 is 1.33 bits per heavy atom. The van der Waals surface area contributed by atoms with Gasteiger partial charge in [-0.15, -0.1) is 0 Å². The van der Waals surface area contributed by atoms with Gasteiger partial charge in [-0.1, -0.05) is 29.3 Å². The molecule has 0 spiro atoms. The van der Waals surface area contributed by atoms with Crippen LogP contribution in [0.3, 0.4) is 0 Å². The van der Waals surface area contributed by atoms with Gasteiger partial charge in [0.2, 0.25) is 0 Å². The molecule has 0 radical (unpaired) electrons. The molecule has 0 unspecified atom stereocenters. The summed E-state index contributed by atoms with van der Waals surface area (Å²) in [6, 6.07) is 5.05. The Morgan fingerprint density at radius 2 is 2.08 bits per heavy atom. The zero-order valence-electron chi connectivity index (χ0n) is 7.11. The first-order chi connectivity index (χ1) is 5.72. The Bertz CT molecular complexity index is 238. The average molecular weight is 231 g/mol. The van der Waals surface area contributed by atoms with Gasteiger partial charge >= 0.3 is 0 Å². The molecule has 0 N–H and O–H groups in total. The van der Waals surface area contributed by atoms with Crippen LogP contribution in [0.1, 0.15) is 25.3 Å². The number of benzene rings is 1. The number of unbranched alkanes of at least 4 members (excludes halogenated alkanes) is 1. The lowest BCUT2D eigenvalue weighted by Crippen LogP contribution is -1.86. The summed E-state index contributed by atoms with van der Waals surface area (Å²) in [6.45, 7) is 2.13. The Hall–Kier alpha value is -0.370. The Kier molecular flexibility index (Phi) is 3.73. The zero-order valence-corrected chi connectivity index (χ0v) is 8.70. The second-order valence-corrected chi connectivity index (χ2v) is 3.80. The molecule has 0 saturated heterocycles. The summed E-state index contributed by atoms with van der Waals surface area (Å²) >= 11 is 3.26. The van der Waals surface area contributed by atoms with Crippen LogP contribution in [0.25, 0.3) is 0 Å². The topological polar surface area (TPSA) is 0 Å². The molecule has 0 atom stereocenters. The van der Waals surface area contributed by atoms with E-state index in [1.54, 1.807) is 6.07 Å². The number of hydrogen-bond donors (Lipinski definition) is 0. The van der Waals surface area contributed by atoms with Gasteiger partial charge in [-0.2, -0.15) is 0 Å². The summed E-state index contributed by atoms with van der Waals surface area (Å²) in [7, 11) is 0. The number of aryl methyl sites for hydroxylation is 1. The maximum Gasteiger partial charge on any atom is 0.124 e. The fourth-order valence-corrected chi connectivity index (χ4v) is 1.65. The molecule has 12 heavy (non-hydrogen) atoms. The van der Waals surface area contributed by atoms with Gasteiger partial charge in [-0.3, -0.25) is 0 Å². The van der Waals surface area contributed by atoms with Gasteiger partial charge < -0.3 is 0 Å². The van der Waals surface area contributed by atoms with Gasteiger partial charge in [0.15, 0.2) is 0 Å². The van der Waals surface area contributed by atoms with Crippen LogP contribution < -0.4 is 0 Å². The fraction of sp³-hybridized carbons (Fsp3) is 0.400. The Morgan fingerprint density at radius 3 is 2.67 bits per heavy atom. The molecule has 0 heterocycles. The van der Waals surface area contributed by atoms with E-state index in [1.165, 1.54) is 6.07 Å². The van der Waals surface area contributed by atoms with E-state index in [-0.39, 0.29) is 5.82 Å². The van der Waals surface area contributed by atoms with Crippen LogP contribution in [0.5, 0.6) is 0 Å². The maximum atomic E-state index is 12.8. The van der Waals surface area contributed by atoms with Gasteiger partial charge in [0, 0.05) is 4.47 Å². The molecule has 0 bridgehead atoms. The molecule has 1 rings (SSSR count). The summed E-state index contributed by atoms with van der Waals surface area (Å²) in [5.41, 5.74) is 1.07. The second-order valence-electron chi connectivity index (χ2n) is 2.88. The highest BCUT2D eigenvalue weighted by Gasteiger charge is 1.97. The van der Waals surface area contributed by atoms with Crippen molar-refractivity contribution in [1.29, 1.82) is 0 Å². The molecule has 66 valence electrons. The minimum atomic E-state index is -0.157. The van der Waals surface area contributed by atoms with E-state index in [9.17, 15) is 4.39 Å². The molecule has 1 aromatic rings. The van der Waals surface area contributed by atoms with Crippen LogP contribution >= 0.6 is 15.9 Å². The van der Waals surface area contributed by atoms with Crippen molar-refractivity contribution >= 4 is 15.9 Å². The van der Waals surface area contributed by atoms with Crippen LogP contribution in [-0.2, 0) is 6.42 Å². The maximum absolute atomic E-state index is 12.8. The van der Waals surface area contributed by atoms with Gasteiger partial charge in [0.1, 0.15) is 5.82 Å². The van der Waals surface area contributed by atoms with Crippen molar-refractivity contribution in [3.8, 4) is 0 Å². The van der Waals surface area contributed by atoms with E-state index in [4.69, 9.17) is 0 Å². The quantitative estimate of drug-likeness (QED) is 0.739. The van der Waals surface area contributed by atoms with E-state index in [0.717, 1.165) is 29.3 Å². The molecule has 1 aromatic carbocycles. The molecule has 0 aliphatic heterocycles. The van der Waals surface area contributed by atoms with E-state index in [1.807, 2.05) is 6.07 Å². The van der Waals surface area contributed by atoms with Crippen molar-refractivity contribution < 1.29 is 4.39 Å². The summed E-state index contributed by atoms with van der Waals surface area (Å²) in [4.78, 5) is 0. The van der Waals surface area contributed by atoms with Gasteiger partial charge in [-0.25, -0.2) is 4.39 Å². The highest BCUT2D eigenvalue weighted by atomic mass is 79.9. The summed E-state index contributed by atoms with van der Waals surface area (Å²) < 4.78 is 13.7. The van der Waals surface area contributed by atoms with Crippen molar-refractivity contribution in [2.45, 2.75) is 26.2 Å². The molecule has 2 heteroatoms. The highest BCUT2D eigenvalue weighted by molar-refractivity contribution is 9.10. The van der Waals surface area contributed by atoms with Crippen LogP contribution in [-0.4, -0.2) is 0 Å². The third-order valence-corrected chi connectivity index (χ3v) is 2.20. The number of halogens is 2. The number of hydrogen-bond acceptors (Lipinski definition) is 0. The molecule has 0 nitrogen and oxygen atoms in total. The average Bonchev–Trinajstić information content (AvgIpc) is 1.99. The first-order valence-electron chi connectivity index (χ1n) is 4.17. The lowest BCUT2D eigenvalue weighted by atomic mass is 10.1. The van der Waals surface area contributed by atoms with Crippen LogP contribution in [0.2, 0.25) is 0 Å². The molecular weight excluding hydrogens is 219 g/mol. The minimum absolute atomic E-state index is 0.157.